The molecule has 0 atom stereocenters. The molecule has 0 spiro atoms. The van der Waals surface area contributed by atoms with Crippen LogP contribution >= 0.6 is 11.3 Å². The minimum Gasteiger partial charge on any atom is -0.456 e. The number of furan rings is 1. The Balaban J connectivity index is 0.988. The van der Waals surface area contributed by atoms with Crippen molar-refractivity contribution in [2.45, 2.75) is 6.92 Å². The highest BCUT2D eigenvalue weighted by molar-refractivity contribution is 7.26. The van der Waals surface area contributed by atoms with Crippen LogP contribution in [0.2, 0.25) is 0 Å². The second-order valence-electron chi connectivity index (χ2n) is 14.7. The Hall–Kier alpha value is -7.28. The zero-order valence-corrected chi connectivity index (χ0v) is 31.2. The summed E-state index contributed by atoms with van der Waals surface area (Å²) >= 11 is 1.81. The quantitative estimate of drug-likeness (QED) is 0.133. The van der Waals surface area contributed by atoms with Crippen LogP contribution in [0.4, 0.5) is 0 Å². The van der Waals surface area contributed by atoms with Crippen molar-refractivity contribution in [1.82, 2.24) is 0 Å². The Morgan fingerprint density at radius 1 is 0.404 bits per heavy atom. The van der Waals surface area contributed by atoms with Crippen LogP contribution < -0.4 is 10.9 Å². The van der Waals surface area contributed by atoms with Crippen LogP contribution in [0.3, 0.4) is 0 Å². The van der Waals surface area contributed by atoms with Crippen molar-refractivity contribution in [1.29, 1.82) is 0 Å². The molecular formula is C51H28O5S. The fourth-order valence-electron chi connectivity index (χ4n) is 8.62. The molecule has 0 aliphatic heterocycles. The molecule has 4 aromatic heterocycles. The number of hydrogen-bond donors (Lipinski definition) is 0. The molecule has 8 aromatic carbocycles. The molecule has 4 heterocycles. The first kappa shape index (κ1) is 32.0. The number of para-hydroxylation sites is 2. The first-order chi connectivity index (χ1) is 28.0. The van der Waals surface area contributed by atoms with Crippen LogP contribution in [0.15, 0.2) is 174 Å². The average molecular weight is 753 g/mol. The lowest BCUT2D eigenvalue weighted by Gasteiger charge is -2.10. The van der Waals surface area contributed by atoms with Crippen molar-refractivity contribution in [3.63, 3.8) is 0 Å². The van der Waals surface area contributed by atoms with Crippen LogP contribution in [0, 0.1) is 6.92 Å². The number of fused-ring (bicyclic) bond motifs is 11. The third-order valence-electron chi connectivity index (χ3n) is 11.4. The van der Waals surface area contributed by atoms with Gasteiger partial charge in [0.2, 0.25) is 10.9 Å². The summed E-state index contributed by atoms with van der Waals surface area (Å²) < 4.78 is 22.0. The smallest absolute Gasteiger partial charge is 0.204 e. The topological polar surface area (TPSA) is 73.6 Å². The number of benzene rings is 8. The lowest BCUT2D eigenvalue weighted by Crippen LogP contribution is -2.07. The van der Waals surface area contributed by atoms with Crippen molar-refractivity contribution in [3.05, 3.63) is 178 Å². The highest BCUT2D eigenvalue weighted by Crippen LogP contribution is 2.41. The van der Waals surface area contributed by atoms with Gasteiger partial charge < -0.3 is 13.3 Å². The van der Waals surface area contributed by atoms with Gasteiger partial charge in [-0.25, -0.2) is 0 Å². The van der Waals surface area contributed by atoms with E-state index < -0.39 is 0 Å². The molecule has 0 bridgehead atoms. The second-order valence-corrected chi connectivity index (χ2v) is 15.7. The number of thiophene rings is 1. The molecule has 0 N–H and O–H groups in total. The zero-order chi connectivity index (χ0) is 37.9. The minimum absolute atomic E-state index is 0.210. The van der Waals surface area contributed by atoms with E-state index in [1.165, 1.54) is 25.7 Å². The first-order valence-electron chi connectivity index (χ1n) is 18.8. The van der Waals surface area contributed by atoms with Gasteiger partial charge in [-0.1, -0.05) is 103 Å². The van der Waals surface area contributed by atoms with Crippen LogP contribution in [-0.2, 0) is 0 Å². The molecule has 0 radical (unpaired) electrons. The van der Waals surface area contributed by atoms with Gasteiger partial charge in [0.15, 0.2) is 5.58 Å². The summed E-state index contributed by atoms with van der Waals surface area (Å²) in [5.41, 5.74) is 9.57. The van der Waals surface area contributed by atoms with Gasteiger partial charge >= 0.3 is 0 Å². The minimum atomic E-state index is -0.255. The fourth-order valence-corrected chi connectivity index (χ4v) is 9.86. The first-order valence-corrected chi connectivity index (χ1v) is 19.6. The molecule has 0 saturated carbocycles. The van der Waals surface area contributed by atoms with Gasteiger partial charge in [-0.3, -0.25) is 9.59 Å². The Bertz CT molecular complexity index is 3820. The number of rotatable bonds is 3. The molecule has 0 saturated heterocycles. The van der Waals surface area contributed by atoms with E-state index >= 15 is 0 Å². The van der Waals surface area contributed by atoms with E-state index in [1.54, 1.807) is 24.3 Å². The predicted octanol–water partition coefficient (Wildman–Crippen LogP) is 13.8. The summed E-state index contributed by atoms with van der Waals surface area (Å²) in [5.74, 6) is 0. The van der Waals surface area contributed by atoms with E-state index in [-0.39, 0.29) is 21.8 Å². The predicted molar refractivity (Wildman–Crippen MR) is 235 cm³/mol. The molecule has 12 aromatic rings. The van der Waals surface area contributed by atoms with Crippen LogP contribution in [0.5, 0.6) is 0 Å². The van der Waals surface area contributed by atoms with E-state index in [4.69, 9.17) is 13.3 Å². The van der Waals surface area contributed by atoms with E-state index in [0.717, 1.165) is 55.3 Å². The third kappa shape index (κ3) is 4.68. The molecule has 6 heteroatoms. The molecule has 57 heavy (non-hydrogen) atoms. The van der Waals surface area contributed by atoms with E-state index in [1.807, 2.05) is 66.8 Å². The average Bonchev–Trinajstić information content (AvgIpc) is 3.83. The SMILES string of the molecule is Cc1cccc2c1oc1c(-c3ccc4c(=O)c5ccc6oc7cc(-c8cccc(-c9cccc%10c9sc9ccccc9%10)c8)ccc7c(=O)c6c5oc4c3)cccc12. The normalized spacial score (nSPS) is 12.1. The third-order valence-corrected chi connectivity index (χ3v) is 12.6. The highest BCUT2D eigenvalue weighted by Gasteiger charge is 2.19. The summed E-state index contributed by atoms with van der Waals surface area (Å²) in [6, 6.07) is 50.3. The van der Waals surface area contributed by atoms with Gasteiger partial charge in [-0.15, -0.1) is 11.3 Å². The van der Waals surface area contributed by atoms with Gasteiger partial charge in [0, 0.05) is 36.5 Å². The second kappa shape index (κ2) is 11.9. The van der Waals surface area contributed by atoms with E-state index in [9.17, 15) is 9.59 Å². The van der Waals surface area contributed by atoms with Crippen molar-refractivity contribution >= 4 is 97.3 Å². The highest BCUT2D eigenvalue weighted by atomic mass is 32.1. The molecule has 0 fully saturated rings. The van der Waals surface area contributed by atoms with E-state index in [2.05, 4.69) is 78.9 Å². The Labute approximate surface area is 327 Å². The van der Waals surface area contributed by atoms with Crippen LogP contribution in [0.25, 0.3) is 119 Å². The maximum absolute atomic E-state index is 14.3. The van der Waals surface area contributed by atoms with Gasteiger partial charge in [0.25, 0.3) is 0 Å². The monoisotopic (exact) mass is 752 g/mol. The van der Waals surface area contributed by atoms with E-state index in [0.29, 0.717) is 32.9 Å². The van der Waals surface area contributed by atoms with Crippen LogP contribution in [-0.4, -0.2) is 0 Å². The molecule has 5 nitrogen and oxygen atoms in total. The largest absolute Gasteiger partial charge is 0.456 e. The zero-order valence-electron chi connectivity index (χ0n) is 30.4. The van der Waals surface area contributed by atoms with Crippen molar-refractivity contribution in [2.75, 3.05) is 0 Å². The summed E-state index contributed by atoms with van der Waals surface area (Å²) in [4.78, 5) is 28.3. The molecular weight excluding hydrogens is 725 g/mol. The van der Waals surface area contributed by atoms with Gasteiger partial charge in [0.1, 0.15) is 33.3 Å². The lowest BCUT2D eigenvalue weighted by molar-refractivity contribution is 0.649. The lowest BCUT2D eigenvalue weighted by atomic mass is 9.97. The van der Waals surface area contributed by atoms with Gasteiger partial charge in [0.05, 0.1) is 16.2 Å². The molecule has 12 rings (SSSR count). The van der Waals surface area contributed by atoms with Crippen molar-refractivity contribution in [2.24, 2.45) is 0 Å². The molecule has 0 aliphatic carbocycles. The maximum Gasteiger partial charge on any atom is 0.204 e. The fraction of sp³-hybridized carbons (Fsp3) is 0.0196. The summed E-state index contributed by atoms with van der Waals surface area (Å²) in [5, 5.41) is 6.00. The Morgan fingerprint density at radius 2 is 1.04 bits per heavy atom. The summed E-state index contributed by atoms with van der Waals surface area (Å²) in [7, 11) is 0. The Morgan fingerprint density at radius 3 is 1.93 bits per heavy atom. The summed E-state index contributed by atoms with van der Waals surface area (Å²) in [6.07, 6.45) is 0. The standard InChI is InChI=1S/C51H28O5S/c1-27-8-4-14-35-36-15-6-12-32(49(36)56-48(27)35)31-19-21-38-43(26-31)55-50-40(46(38)52)22-23-41-45(50)47(53)39-20-18-29(25-42(39)54-41)28-9-5-10-30(24-28)33-13-7-16-37-34-11-2-3-17-44(34)57-51(33)37/h2-26H,1H3. The van der Waals surface area contributed by atoms with Crippen LogP contribution in [0.1, 0.15) is 5.56 Å². The summed E-state index contributed by atoms with van der Waals surface area (Å²) in [6.45, 7) is 2.04. The van der Waals surface area contributed by atoms with Crippen molar-refractivity contribution < 1.29 is 13.3 Å². The molecule has 0 amide bonds. The number of aryl methyl sites for hydroxylation is 1. The Kier molecular flexibility index (Phi) is 6.66. The molecule has 0 aliphatic rings. The van der Waals surface area contributed by atoms with Gasteiger partial charge in [-0.2, -0.15) is 0 Å². The molecule has 268 valence electrons. The molecule has 0 unspecified atom stereocenters. The number of hydrogen-bond acceptors (Lipinski definition) is 6. The maximum atomic E-state index is 14.3. The van der Waals surface area contributed by atoms with Gasteiger partial charge in [-0.05, 0) is 88.8 Å². The van der Waals surface area contributed by atoms with Crippen molar-refractivity contribution in [3.8, 4) is 33.4 Å².